The maximum Gasteiger partial charge on any atom is 0.246 e. The maximum absolute atomic E-state index is 12.1. The van der Waals surface area contributed by atoms with Gasteiger partial charge in [-0.25, -0.2) is 4.98 Å². The predicted octanol–water partition coefficient (Wildman–Crippen LogP) is 5.02. The monoisotopic (exact) mass is 432 g/mol. The lowest BCUT2D eigenvalue weighted by atomic mass is 10.1. The number of aromatic nitrogens is 1. The lowest BCUT2D eigenvalue weighted by Gasteiger charge is -2.09. The number of amides is 1. The minimum Gasteiger partial charge on any atom is -0.489 e. The number of fused-ring (bicyclic) bond motifs is 1. The smallest absolute Gasteiger partial charge is 0.246 e. The van der Waals surface area contributed by atoms with E-state index in [1.165, 1.54) is 5.56 Å². The van der Waals surface area contributed by atoms with Crippen molar-refractivity contribution in [2.24, 2.45) is 0 Å². The molecule has 4 rings (SSSR count). The van der Waals surface area contributed by atoms with Gasteiger partial charge in [-0.1, -0.05) is 54.1 Å². The second-order valence-corrected chi connectivity index (χ2v) is 8.38. The van der Waals surface area contributed by atoms with Gasteiger partial charge in [0.2, 0.25) is 5.91 Å². The quantitative estimate of drug-likeness (QED) is 0.404. The Hall–Kier alpha value is -3.22. The summed E-state index contributed by atoms with van der Waals surface area (Å²) in [6, 6.07) is 24.0. The predicted molar refractivity (Wildman–Crippen MR) is 123 cm³/mol. The zero-order valence-corrected chi connectivity index (χ0v) is 18.2. The first kappa shape index (κ1) is 21.0. The lowest BCUT2D eigenvalue weighted by molar-refractivity contribution is -0.126. The van der Waals surface area contributed by atoms with Crippen molar-refractivity contribution in [1.82, 2.24) is 10.3 Å². The zero-order valence-electron chi connectivity index (χ0n) is 17.3. The topological polar surface area (TPSA) is 60.5 Å². The summed E-state index contributed by atoms with van der Waals surface area (Å²) in [5, 5.41) is 3.74. The van der Waals surface area contributed by atoms with Crippen molar-refractivity contribution in [2.45, 2.75) is 26.7 Å². The number of ether oxygens (including phenoxy) is 2. The van der Waals surface area contributed by atoms with Crippen molar-refractivity contribution < 1.29 is 14.3 Å². The molecule has 158 valence electrons. The van der Waals surface area contributed by atoms with Crippen LogP contribution in [0.1, 0.15) is 21.7 Å². The molecule has 3 aromatic carbocycles. The largest absolute Gasteiger partial charge is 0.489 e. The molecule has 1 amide bonds. The molecule has 0 unspecified atom stereocenters. The van der Waals surface area contributed by atoms with E-state index in [-0.39, 0.29) is 12.5 Å². The number of thiazole rings is 1. The molecule has 0 saturated carbocycles. The third-order valence-corrected chi connectivity index (χ3v) is 5.71. The standard InChI is InChI=1S/C25H24N2O3S/c1-18-5-4-6-20(13-18)15-30-21-11-9-19(10-12-21)14-26-24(28)16-29-17-25-27-22-7-2-3-8-23(22)31-25/h2-13H,14-17H2,1H3,(H,26,28). The normalized spacial score (nSPS) is 10.9. The molecule has 6 heteroatoms. The minimum absolute atomic E-state index is 0.00755. The minimum atomic E-state index is -0.152. The van der Waals surface area contributed by atoms with Crippen LogP contribution in [0.4, 0.5) is 0 Å². The summed E-state index contributed by atoms with van der Waals surface area (Å²) in [6.45, 7) is 3.39. The van der Waals surface area contributed by atoms with E-state index in [0.29, 0.717) is 19.8 Å². The van der Waals surface area contributed by atoms with Crippen molar-refractivity contribution >= 4 is 27.5 Å². The Kier molecular flexibility index (Phi) is 6.92. The first-order valence-corrected chi connectivity index (χ1v) is 10.9. The van der Waals surface area contributed by atoms with Gasteiger partial charge in [-0.15, -0.1) is 11.3 Å². The highest BCUT2D eigenvalue weighted by atomic mass is 32.1. The Morgan fingerprint density at radius 3 is 2.61 bits per heavy atom. The van der Waals surface area contributed by atoms with Crippen molar-refractivity contribution in [3.63, 3.8) is 0 Å². The number of nitrogens with one attached hydrogen (secondary N) is 1. The van der Waals surface area contributed by atoms with Crippen LogP contribution in [0.15, 0.2) is 72.8 Å². The van der Waals surface area contributed by atoms with E-state index in [1.807, 2.05) is 54.6 Å². The third kappa shape index (κ3) is 6.13. The molecular formula is C25H24N2O3S. The summed E-state index contributed by atoms with van der Waals surface area (Å²) in [5.74, 6) is 0.650. The molecular weight excluding hydrogens is 408 g/mol. The van der Waals surface area contributed by atoms with Gasteiger partial charge in [0, 0.05) is 6.54 Å². The summed E-state index contributed by atoms with van der Waals surface area (Å²) in [5.41, 5.74) is 4.32. The van der Waals surface area contributed by atoms with Gasteiger partial charge in [0.1, 0.15) is 24.0 Å². The van der Waals surface area contributed by atoms with Crippen LogP contribution in [0.5, 0.6) is 5.75 Å². The van der Waals surface area contributed by atoms with E-state index < -0.39 is 0 Å². The van der Waals surface area contributed by atoms with Gasteiger partial charge in [0.05, 0.1) is 16.8 Å². The van der Waals surface area contributed by atoms with Crippen molar-refractivity contribution in [2.75, 3.05) is 6.61 Å². The van der Waals surface area contributed by atoms with Gasteiger partial charge in [0.15, 0.2) is 0 Å². The van der Waals surface area contributed by atoms with Gasteiger partial charge >= 0.3 is 0 Å². The zero-order chi connectivity index (χ0) is 21.5. The molecule has 5 nitrogen and oxygen atoms in total. The molecule has 0 saturated heterocycles. The molecule has 1 aromatic heterocycles. The molecule has 0 aliphatic carbocycles. The van der Waals surface area contributed by atoms with Crippen LogP contribution >= 0.6 is 11.3 Å². The molecule has 0 fully saturated rings. The van der Waals surface area contributed by atoms with Crippen LogP contribution in [0, 0.1) is 6.92 Å². The number of benzene rings is 3. The van der Waals surface area contributed by atoms with Gasteiger partial charge in [-0.3, -0.25) is 4.79 Å². The van der Waals surface area contributed by atoms with Crippen molar-refractivity contribution in [3.8, 4) is 5.75 Å². The van der Waals surface area contributed by atoms with Crippen LogP contribution in [0.25, 0.3) is 10.2 Å². The number of carbonyl (C=O) groups is 1. The summed E-state index contributed by atoms with van der Waals surface area (Å²) in [7, 11) is 0. The fraction of sp³-hybridized carbons (Fsp3) is 0.200. The Bertz CT molecular complexity index is 1120. The number of hydrogen-bond acceptors (Lipinski definition) is 5. The van der Waals surface area contributed by atoms with Crippen molar-refractivity contribution in [1.29, 1.82) is 0 Å². The van der Waals surface area contributed by atoms with Crippen LogP contribution in [-0.4, -0.2) is 17.5 Å². The Balaban J connectivity index is 1.17. The molecule has 1 N–H and O–H groups in total. The summed E-state index contributed by atoms with van der Waals surface area (Å²) >= 11 is 1.58. The van der Waals surface area contributed by atoms with Crippen LogP contribution in [-0.2, 0) is 29.3 Å². The molecule has 0 radical (unpaired) electrons. The molecule has 31 heavy (non-hydrogen) atoms. The van der Waals surface area contributed by atoms with E-state index in [0.717, 1.165) is 32.1 Å². The highest BCUT2D eigenvalue weighted by Crippen LogP contribution is 2.22. The second-order valence-electron chi connectivity index (χ2n) is 7.27. The van der Waals surface area contributed by atoms with Gasteiger partial charge in [0.25, 0.3) is 0 Å². The van der Waals surface area contributed by atoms with E-state index in [4.69, 9.17) is 9.47 Å². The highest BCUT2D eigenvalue weighted by molar-refractivity contribution is 7.18. The van der Waals surface area contributed by atoms with Gasteiger partial charge in [-0.05, 0) is 42.3 Å². The van der Waals surface area contributed by atoms with E-state index >= 15 is 0 Å². The number of rotatable bonds is 9. The molecule has 0 atom stereocenters. The fourth-order valence-electron chi connectivity index (χ4n) is 3.14. The Morgan fingerprint density at radius 1 is 0.968 bits per heavy atom. The Labute approximate surface area is 185 Å². The summed E-state index contributed by atoms with van der Waals surface area (Å²) in [4.78, 5) is 16.6. The van der Waals surface area contributed by atoms with Crippen LogP contribution < -0.4 is 10.1 Å². The summed E-state index contributed by atoms with van der Waals surface area (Å²) < 4.78 is 12.5. The average Bonchev–Trinajstić information content (AvgIpc) is 3.20. The SMILES string of the molecule is Cc1cccc(COc2ccc(CNC(=O)COCc3nc4ccccc4s3)cc2)c1. The van der Waals surface area contributed by atoms with E-state index in [9.17, 15) is 4.79 Å². The molecule has 1 heterocycles. The van der Waals surface area contributed by atoms with Crippen LogP contribution in [0.2, 0.25) is 0 Å². The van der Waals surface area contributed by atoms with Crippen molar-refractivity contribution in [3.05, 3.63) is 94.5 Å². The third-order valence-electron chi connectivity index (χ3n) is 4.70. The lowest BCUT2D eigenvalue weighted by Crippen LogP contribution is -2.27. The first-order valence-electron chi connectivity index (χ1n) is 10.1. The molecule has 0 spiro atoms. The summed E-state index contributed by atoms with van der Waals surface area (Å²) in [6.07, 6.45) is 0. The average molecular weight is 433 g/mol. The Morgan fingerprint density at radius 2 is 1.81 bits per heavy atom. The molecule has 0 bridgehead atoms. The maximum atomic E-state index is 12.1. The molecule has 0 aliphatic rings. The number of carbonyl (C=O) groups excluding carboxylic acids is 1. The number of aryl methyl sites for hydroxylation is 1. The van der Waals surface area contributed by atoms with E-state index in [2.05, 4.69) is 35.4 Å². The number of nitrogens with zero attached hydrogens (tertiary/aromatic N) is 1. The van der Waals surface area contributed by atoms with Gasteiger partial charge < -0.3 is 14.8 Å². The van der Waals surface area contributed by atoms with E-state index in [1.54, 1.807) is 11.3 Å². The fourth-order valence-corrected chi connectivity index (χ4v) is 4.04. The second kappa shape index (κ2) is 10.2. The highest BCUT2D eigenvalue weighted by Gasteiger charge is 2.06. The first-order chi connectivity index (χ1) is 15.2. The molecule has 4 aromatic rings. The number of para-hydroxylation sites is 1. The van der Waals surface area contributed by atoms with Gasteiger partial charge in [-0.2, -0.15) is 0 Å². The molecule has 0 aliphatic heterocycles. The van der Waals surface area contributed by atoms with Crippen LogP contribution in [0.3, 0.4) is 0 Å². The number of hydrogen-bond donors (Lipinski definition) is 1.